The van der Waals surface area contributed by atoms with Gasteiger partial charge in [0.1, 0.15) is 0 Å². The molecule has 0 amide bonds. The minimum atomic E-state index is 0.457. The molecule has 2 aliphatic rings. The van der Waals surface area contributed by atoms with Crippen LogP contribution in [-0.2, 0) is 11.3 Å². The summed E-state index contributed by atoms with van der Waals surface area (Å²) in [6, 6.07) is 6.62. The second-order valence-corrected chi connectivity index (χ2v) is 6.05. The van der Waals surface area contributed by atoms with E-state index in [4.69, 9.17) is 15.6 Å². The fraction of sp³-hybridized carbons (Fsp3) is 0.471. The van der Waals surface area contributed by atoms with Crippen LogP contribution < -0.4 is 10.6 Å². The molecule has 0 bridgehead atoms. The van der Waals surface area contributed by atoms with Gasteiger partial charge >= 0.3 is 0 Å². The van der Waals surface area contributed by atoms with E-state index >= 15 is 0 Å². The summed E-state index contributed by atoms with van der Waals surface area (Å²) >= 11 is 0. The van der Waals surface area contributed by atoms with Crippen molar-refractivity contribution in [3.63, 3.8) is 0 Å². The standard InChI is InChI=1S/C17H22N4O/c1-2-20-11-16-14(13-4-3-5-15(18)17(13)20)10-19-21(16)12-6-8-22-9-7-12/h3-5,10,12H,2,6-9,11,18H2,1H3. The summed E-state index contributed by atoms with van der Waals surface area (Å²) in [4.78, 5) is 2.35. The summed E-state index contributed by atoms with van der Waals surface area (Å²) in [7, 11) is 0. The molecule has 1 aromatic heterocycles. The zero-order valence-corrected chi connectivity index (χ0v) is 13.0. The summed E-state index contributed by atoms with van der Waals surface area (Å²) in [6.45, 7) is 5.67. The third-order valence-corrected chi connectivity index (χ3v) is 4.83. The molecular weight excluding hydrogens is 276 g/mol. The lowest BCUT2D eigenvalue weighted by atomic mass is 9.97. The maximum Gasteiger partial charge on any atom is 0.0684 e. The van der Waals surface area contributed by atoms with Crippen molar-refractivity contribution in [1.82, 2.24) is 9.78 Å². The van der Waals surface area contributed by atoms with Gasteiger partial charge in [-0.25, -0.2) is 0 Å². The molecule has 1 saturated heterocycles. The Morgan fingerprint density at radius 3 is 2.86 bits per heavy atom. The summed E-state index contributed by atoms with van der Waals surface area (Å²) < 4.78 is 7.72. The van der Waals surface area contributed by atoms with Crippen molar-refractivity contribution < 1.29 is 4.74 Å². The van der Waals surface area contributed by atoms with E-state index in [-0.39, 0.29) is 0 Å². The highest BCUT2D eigenvalue weighted by Crippen LogP contribution is 2.43. The van der Waals surface area contributed by atoms with Crippen LogP contribution in [0.5, 0.6) is 0 Å². The second-order valence-electron chi connectivity index (χ2n) is 6.05. The van der Waals surface area contributed by atoms with Crippen LogP contribution >= 0.6 is 0 Å². The van der Waals surface area contributed by atoms with Gasteiger partial charge in [-0.05, 0) is 25.8 Å². The average Bonchev–Trinajstić information content (AvgIpc) is 2.99. The Morgan fingerprint density at radius 1 is 1.27 bits per heavy atom. The van der Waals surface area contributed by atoms with E-state index in [1.165, 1.54) is 16.8 Å². The van der Waals surface area contributed by atoms with E-state index in [9.17, 15) is 0 Å². The minimum Gasteiger partial charge on any atom is -0.397 e. The number of rotatable bonds is 2. The van der Waals surface area contributed by atoms with Gasteiger partial charge < -0.3 is 15.4 Å². The van der Waals surface area contributed by atoms with Crippen molar-refractivity contribution >= 4 is 11.4 Å². The Bertz CT molecular complexity index is 688. The van der Waals surface area contributed by atoms with Crippen LogP contribution in [0.2, 0.25) is 0 Å². The van der Waals surface area contributed by atoms with Gasteiger partial charge in [-0.1, -0.05) is 12.1 Å². The smallest absolute Gasteiger partial charge is 0.0684 e. The van der Waals surface area contributed by atoms with Gasteiger partial charge in [-0.2, -0.15) is 5.10 Å². The Kier molecular flexibility index (Phi) is 3.30. The topological polar surface area (TPSA) is 56.3 Å². The highest BCUT2D eigenvalue weighted by Gasteiger charge is 2.29. The number of para-hydroxylation sites is 1. The van der Waals surface area contributed by atoms with E-state index in [0.717, 1.165) is 50.5 Å². The van der Waals surface area contributed by atoms with Crippen LogP contribution in [0.4, 0.5) is 11.4 Å². The van der Waals surface area contributed by atoms with Gasteiger partial charge in [0.2, 0.25) is 0 Å². The van der Waals surface area contributed by atoms with Crippen molar-refractivity contribution in [2.24, 2.45) is 0 Å². The fourth-order valence-electron chi connectivity index (χ4n) is 3.68. The first-order valence-corrected chi connectivity index (χ1v) is 8.07. The van der Waals surface area contributed by atoms with Crippen molar-refractivity contribution in [2.45, 2.75) is 32.4 Å². The SMILES string of the molecule is CCN1Cc2c(cnn2C2CCOCC2)-c2cccc(N)c21. The molecule has 5 nitrogen and oxygen atoms in total. The third kappa shape index (κ3) is 2.00. The Hall–Kier alpha value is -2.01. The van der Waals surface area contributed by atoms with Gasteiger partial charge in [-0.15, -0.1) is 0 Å². The molecular formula is C17H22N4O. The van der Waals surface area contributed by atoms with E-state index in [1.54, 1.807) is 0 Å². The molecule has 0 unspecified atom stereocenters. The molecule has 0 aliphatic carbocycles. The summed E-state index contributed by atoms with van der Waals surface area (Å²) in [5.74, 6) is 0. The first-order valence-electron chi connectivity index (χ1n) is 8.07. The van der Waals surface area contributed by atoms with Crippen LogP contribution in [0, 0.1) is 0 Å². The lowest BCUT2D eigenvalue weighted by Crippen LogP contribution is -2.30. The summed E-state index contributed by atoms with van der Waals surface area (Å²) in [5, 5.41) is 4.71. The third-order valence-electron chi connectivity index (χ3n) is 4.83. The van der Waals surface area contributed by atoms with Gasteiger partial charge in [0.15, 0.2) is 0 Å². The zero-order valence-electron chi connectivity index (χ0n) is 13.0. The molecule has 116 valence electrons. The first-order chi connectivity index (χ1) is 10.8. The predicted molar refractivity (Wildman–Crippen MR) is 87.9 cm³/mol. The number of ether oxygens (including phenoxy) is 1. The lowest BCUT2D eigenvalue weighted by Gasteiger charge is -2.33. The van der Waals surface area contributed by atoms with Crippen LogP contribution in [0.3, 0.4) is 0 Å². The monoisotopic (exact) mass is 298 g/mol. The van der Waals surface area contributed by atoms with Crippen LogP contribution in [0.15, 0.2) is 24.4 Å². The lowest BCUT2D eigenvalue weighted by molar-refractivity contribution is 0.0654. The molecule has 4 rings (SSSR count). The van der Waals surface area contributed by atoms with E-state index in [2.05, 4.69) is 22.6 Å². The Labute approximate surface area is 130 Å². The highest BCUT2D eigenvalue weighted by molar-refractivity contribution is 5.89. The normalized spacial score (nSPS) is 18.1. The highest BCUT2D eigenvalue weighted by atomic mass is 16.5. The van der Waals surface area contributed by atoms with E-state index in [0.29, 0.717) is 6.04 Å². The summed E-state index contributed by atoms with van der Waals surface area (Å²) in [5.41, 5.74) is 12.0. The largest absolute Gasteiger partial charge is 0.397 e. The number of nitrogen functional groups attached to an aromatic ring is 1. The average molecular weight is 298 g/mol. The van der Waals surface area contributed by atoms with Gasteiger partial charge in [0.25, 0.3) is 0 Å². The van der Waals surface area contributed by atoms with Crippen molar-refractivity contribution in [2.75, 3.05) is 30.4 Å². The number of nitrogens with zero attached hydrogens (tertiary/aromatic N) is 3. The van der Waals surface area contributed by atoms with Gasteiger partial charge in [0, 0.05) is 30.9 Å². The summed E-state index contributed by atoms with van der Waals surface area (Å²) in [6.07, 6.45) is 4.10. The van der Waals surface area contributed by atoms with Crippen LogP contribution in [0.25, 0.3) is 11.1 Å². The number of nitrogens with two attached hydrogens (primary N) is 1. The maximum atomic E-state index is 6.23. The molecule has 22 heavy (non-hydrogen) atoms. The predicted octanol–water partition coefficient (Wildman–Crippen LogP) is 2.82. The second kappa shape index (κ2) is 5.32. The molecule has 0 saturated carbocycles. The van der Waals surface area contributed by atoms with Gasteiger partial charge in [-0.3, -0.25) is 4.68 Å². The number of anilines is 2. The number of hydrogen-bond acceptors (Lipinski definition) is 4. The number of fused-ring (bicyclic) bond motifs is 3. The number of aromatic nitrogens is 2. The molecule has 2 N–H and O–H groups in total. The minimum absolute atomic E-state index is 0.457. The first kappa shape index (κ1) is 13.6. The zero-order chi connectivity index (χ0) is 15.1. The molecule has 3 heterocycles. The molecule has 1 fully saturated rings. The Balaban J connectivity index is 1.82. The quantitative estimate of drug-likeness (QED) is 0.866. The van der Waals surface area contributed by atoms with Crippen LogP contribution in [-0.4, -0.2) is 29.5 Å². The molecule has 0 atom stereocenters. The number of benzene rings is 1. The number of hydrogen-bond donors (Lipinski definition) is 1. The molecule has 0 radical (unpaired) electrons. The fourth-order valence-corrected chi connectivity index (χ4v) is 3.68. The molecule has 2 aromatic rings. The van der Waals surface area contributed by atoms with Crippen molar-refractivity contribution in [3.05, 3.63) is 30.1 Å². The van der Waals surface area contributed by atoms with Crippen molar-refractivity contribution in [3.8, 4) is 11.1 Å². The molecule has 5 heteroatoms. The van der Waals surface area contributed by atoms with Gasteiger partial charge in [0.05, 0.1) is 35.9 Å². The maximum absolute atomic E-state index is 6.23. The van der Waals surface area contributed by atoms with E-state index < -0.39 is 0 Å². The van der Waals surface area contributed by atoms with Crippen LogP contribution in [0.1, 0.15) is 31.5 Å². The van der Waals surface area contributed by atoms with Crippen molar-refractivity contribution in [1.29, 1.82) is 0 Å². The molecule has 0 spiro atoms. The molecule has 1 aromatic carbocycles. The Morgan fingerprint density at radius 2 is 2.09 bits per heavy atom. The van der Waals surface area contributed by atoms with E-state index in [1.807, 2.05) is 18.3 Å². The molecule has 2 aliphatic heterocycles.